The van der Waals surface area contributed by atoms with Crippen LogP contribution in [0, 0.1) is 0 Å². The largest absolute Gasteiger partial charge is 0.0859 e. The number of rotatable bonds is 6. The summed E-state index contributed by atoms with van der Waals surface area (Å²) in [5.74, 6) is 0. The third-order valence-corrected chi connectivity index (χ3v) is 3.48. The summed E-state index contributed by atoms with van der Waals surface area (Å²) in [4.78, 5) is 0. The lowest BCUT2D eigenvalue weighted by Crippen LogP contribution is -1.88. The predicted octanol–water partition coefficient (Wildman–Crippen LogP) is 6.25. The molecule has 0 radical (unpaired) electrons. The van der Waals surface area contributed by atoms with E-state index in [0.717, 1.165) is 12.8 Å². The third-order valence-electron chi connectivity index (χ3n) is 3.48. The minimum atomic E-state index is 1.11. The Bertz CT molecular complexity index is 543. The molecule has 0 saturated heterocycles. The van der Waals surface area contributed by atoms with E-state index in [4.69, 9.17) is 0 Å². The van der Waals surface area contributed by atoms with Crippen molar-refractivity contribution in [3.8, 4) is 0 Å². The molecule has 0 heteroatoms. The second-order valence-corrected chi connectivity index (χ2v) is 5.56. The van der Waals surface area contributed by atoms with Gasteiger partial charge in [0.25, 0.3) is 0 Å². The smallest absolute Gasteiger partial charge is 0.0151 e. The SMILES string of the molecule is CC(C)=CCCCC=C(c1ccccc1)c1ccccc1. The normalized spacial score (nSPS) is 10.0. The van der Waals surface area contributed by atoms with E-state index in [9.17, 15) is 0 Å². The summed E-state index contributed by atoms with van der Waals surface area (Å²) in [5.41, 5.74) is 5.34. The average Bonchev–Trinajstić information content (AvgIpc) is 2.52. The molecule has 0 atom stereocenters. The van der Waals surface area contributed by atoms with Crippen molar-refractivity contribution in [3.05, 3.63) is 89.5 Å². The first-order chi connectivity index (χ1) is 10.3. The molecule has 0 N–H and O–H groups in total. The zero-order valence-electron chi connectivity index (χ0n) is 13.0. The molecule has 0 heterocycles. The molecule has 0 saturated carbocycles. The van der Waals surface area contributed by atoms with Crippen LogP contribution in [0.15, 0.2) is 78.4 Å². The maximum atomic E-state index is 2.38. The van der Waals surface area contributed by atoms with Gasteiger partial charge in [-0.2, -0.15) is 0 Å². The molecule has 0 amide bonds. The molecular formula is C21H24. The van der Waals surface area contributed by atoms with Crippen LogP contribution in [0.5, 0.6) is 0 Å². The lowest BCUT2D eigenvalue weighted by atomic mass is 9.96. The van der Waals surface area contributed by atoms with Crippen LogP contribution in [0.2, 0.25) is 0 Å². The van der Waals surface area contributed by atoms with Crippen LogP contribution < -0.4 is 0 Å². The first kappa shape index (κ1) is 15.3. The summed E-state index contributed by atoms with van der Waals surface area (Å²) < 4.78 is 0. The molecular weight excluding hydrogens is 252 g/mol. The molecule has 0 bridgehead atoms. The van der Waals surface area contributed by atoms with Gasteiger partial charge in [0, 0.05) is 0 Å². The minimum absolute atomic E-state index is 1.11. The monoisotopic (exact) mass is 276 g/mol. The van der Waals surface area contributed by atoms with Gasteiger partial charge in [-0.25, -0.2) is 0 Å². The fraction of sp³-hybridized carbons (Fsp3) is 0.238. The maximum absolute atomic E-state index is 2.38. The van der Waals surface area contributed by atoms with Gasteiger partial charge in [0.05, 0.1) is 0 Å². The van der Waals surface area contributed by atoms with Crippen molar-refractivity contribution >= 4 is 5.57 Å². The summed E-state index contributed by atoms with van der Waals surface area (Å²) in [6, 6.07) is 21.3. The molecule has 21 heavy (non-hydrogen) atoms. The Kier molecular flexibility index (Phi) is 6.02. The maximum Gasteiger partial charge on any atom is -0.0151 e. The molecule has 0 aromatic heterocycles. The Morgan fingerprint density at radius 1 is 0.714 bits per heavy atom. The van der Waals surface area contributed by atoms with Gasteiger partial charge in [-0.3, -0.25) is 0 Å². The fourth-order valence-corrected chi connectivity index (χ4v) is 2.39. The Labute approximate surface area is 128 Å². The summed E-state index contributed by atoms with van der Waals surface area (Å²) in [7, 11) is 0. The topological polar surface area (TPSA) is 0 Å². The summed E-state index contributed by atoms with van der Waals surface area (Å²) in [5, 5.41) is 0. The quantitative estimate of drug-likeness (QED) is 0.432. The van der Waals surface area contributed by atoms with Crippen LogP contribution in [-0.2, 0) is 0 Å². The van der Waals surface area contributed by atoms with Gasteiger partial charge in [0.15, 0.2) is 0 Å². The minimum Gasteiger partial charge on any atom is -0.0859 e. The lowest BCUT2D eigenvalue weighted by molar-refractivity contribution is 0.863. The zero-order valence-corrected chi connectivity index (χ0v) is 13.0. The van der Waals surface area contributed by atoms with Gasteiger partial charge in [0.1, 0.15) is 0 Å². The van der Waals surface area contributed by atoms with E-state index in [1.807, 2.05) is 0 Å². The van der Waals surface area contributed by atoms with Crippen molar-refractivity contribution in [1.82, 2.24) is 0 Å². The fourth-order valence-electron chi connectivity index (χ4n) is 2.39. The molecule has 0 aliphatic rings. The van der Waals surface area contributed by atoms with E-state index in [1.54, 1.807) is 0 Å². The molecule has 0 fully saturated rings. The Balaban J connectivity index is 2.15. The van der Waals surface area contributed by atoms with E-state index in [0.29, 0.717) is 0 Å². The standard InChI is InChI=1S/C21H24/c1-18(2)12-6-3-11-17-21(19-13-7-4-8-14-19)20-15-9-5-10-16-20/h4-5,7-10,12-17H,3,6,11H2,1-2H3. The summed E-state index contributed by atoms with van der Waals surface area (Å²) >= 11 is 0. The van der Waals surface area contributed by atoms with E-state index in [-0.39, 0.29) is 0 Å². The van der Waals surface area contributed by atoms with Crippen LogP contribution in [0.1, 0.15) is 44.2 Å². The van der Waals surface area contributed by atoms with Gasteiger partial charge in [-0.15, -0.1) is 0 Å². The molecule has 0 spiro atoms. The van der Waals surface area contributed by atoms with Crippen LogP contribution >= 0.6 is 0 Å². The van der Waals surface area contributed by atoms with Crippen LogP contribution in [0.25, 0.3) is 5.57 Å². The van der Waals surface area contributed by atoms with E-state index < -0.39 is 0 Å². The van der Waals surface area contributed by atoms with Crippen molar-refractivity contribution in [1.29, 1.82) is 0 Å². The highest BCUT2D eigenvalue weighted by Gasteiger charge is 2.03. The number of hydrogen-bond acceptors (Lipinski definition) is 0. The first-order valence-electron chi connectivity index (χ1n) is 7.72. The van der Waals surface area contributed by atoms with Crippen molar-refractivity contribution in [3.63, 3.8) is 0 Å². The van der Waals surface area contributed by atoms with E-state index in [2.05, 4.69) is 86.7 Å². The number of allylic oxidation sites excluding steroid dienone is 3. The van der Waals surface area contributed by atoms with Gasteiger partial charge in [-0.05, 0) is 49.8 Å². The summed E-state index contributed by atoms with van der Waals surface area (Å²) in [6.07, 6.45) is 8.18. The molecule has 0 nitrogen and oxygen atoms in total. The Morgan fingerprint density at radius 2 is 1.19 bits per heavy atom. The number of benzene rings is 2. The van der Waals surface area contributed by atoms with Crippen molar-refractivity contribution < 1.29 is 0 Å². The Hall–Kier alpha value is -2.08. The van der Waals surface area contributed by atoms with Gasteiger partial charge in [-0.1, -0.05) is 78.4 Å². The van der Waals surface area contributed by atoms with Gasteiger partial charge >= 0.3 is 0 Å². The van der Waals surface area contributed by atoms with Crippen molar-refractivity contribution in [2.45, 2.75) is 33.1 Å². The molecule has 108 valence electrons. The molecule has 2 aromatic rings. The zero-order chi connectivity index (χ0) is 14.9. The third kappa shape index (κ3) is 5.07. The molecule has 2 aromatic carbocycles. The molecule has 0 unspecified atom stereocenters. The lowest BCUT2D eigenvalue weighted by Gasteiger charge is -2.08. The second-order valence-electron chi connectivity index (χ2n) is 5.56. The summed E-state index contributed by atoms with van der Waals surface area (Å²) in [6.45, 7) is 4.32. The number of unbranched alkanes of at least 4 members (excludes halogenated alkanes) is 2. The molecule has 0 aliphatic carbocycles. The highest BCUT2D eigenvalue weighted by atomic mass is 14.1. The first-order valence-corrected chi connectivity index (χ1v) is 7.72. The van der Waals surface area contributed by atoms with E-state index >= 15 is 0 Å². The highest BCUT2D eigenvalue weighted by molar-refractivity contribution is 5.79. The van der Waals surface area contributed by atoms with Gasteiger partial charge in [0.2, 0.25) is 0 Å². The van der Waals surface area contributed by atoms with Crippen molar-refractivity contribution in [2.75, 3.05) is 0 Å². The van der Waals surface area contributed by atoms with Crippen LogP contribution in [0.3, 0.4) is 0 Å². The Morgan fingerprint density at radius 3 is 1.67 bits per heavy atom. The van der Waals surface area contributed by atoms with Crippen LogP contribution in [-0.4, -0.2) is 0 Å². The number of hydrogen-bond donors (Lipinski definition) is 0. The van der Waals surface area contributed by atoms with Gasteiger partial charge < -0.3 is 0 Å². The average molecular weight is 276 g/mol. The molecule has 2 rings (SSSR count). The van der Waals surface area contributed by atoms with E-state index in [1.165, 1.54) is 28.7 Å². The predicted molar refractivity (Wildman–Crippen MR) is 93.2 cm³/mol. The van der Waals surface area contributed by atoms with Crippen LogP contribution in [0.4, 0.5) is 0 Å². The second kappa shape index (κ2) is 8.26. The highest BCUT2D eigenvalue weighted by Crippen LogP contribution is 2.24. The van der Waals surface area contributed by atoms with Crippen molar-refractivity contribution in [2.24, 2.45) is 0 Å². The molecule has 0 aliphatic heterocycles.